The number of anilines is 1. The number of thioether (sulfide) groups is 1. The summed E-state index contributed by atoms with van der Waals surface area (Å²) in [6.07, 6.45) is 0.192. The van der Waals surface area contributed by atoms with Crippen LogP contribution in [0.1, 0.15) is 23.5 Å². The summed E-state index contributed by atoms with van der Waals surface area (Å²) >= 11 is 10.7. The van der Waals surface area contributed by atoms with Crippen LogP contribution in [-0.2, 0) is 9.59 Å². The Labute approximate surface area is 186 Å². The van der Waals surface area contributed by atoms with Crippen molar-refractivity contribution < 1.29 is 9.59 Å². The third-order valence-corrected chi connectivity index (χ3v) is 6.42. The number of allylic oxidation sites excluding steroid dienone is 1. The molecule has 2 N–H and O–H groups in total. The van der Waals surface area contributed by atoms with E-state index in [1.165, 1.54) is 0 Å². The van der Waals surface area contributed by atoms with E-state index in [9.17, 15) is 14.9 Å². The first-order chi connectivity index (χ1) is 13.9. The quantitative estimate of drug-likeness (QED) is 0.609. The van der Waals surface area contributed by atoms with Crippen LogP contribution in [0, 0.1) is 18.3 Å². The minimum Gasteiger partial charge on any atom is -0.325 e. The molecule has 0 aliphatic carbocycles. The Kier molecular flexibility index (Phi) is 7.01. The smallest absolute Gasteiger partial charge is 0.234 e. The molecule has 0 saturated heterocycles. The average molecular weight is 491 g/mol. The van der Waals surface area contributed by atoms with Gasteiger partial charge in [-0.25, -0.2) is 0 Å². The number of halogens is 2. The molecule has 0 saturated carbocycles. The average Bonchev–Trinajstić information content (AvgIpc) is 2.69. The van der Waals surface area contributed by atoms with E-state index < -0.39 is 0 Å². The van der Waals surface area contributed by atoms with Crippen molar-refractivity contribution in [3.63, 3.8) is 0 Å². The molecule has 148 valence electrons. The first-order valence-corrected chi connectivity index (χ1v) is 10.9. The SMILES string of the molecule is Cc1c(Cl)cccc1NC(=O)CSC1=C(C#N)[C@@H](c2cccc(Br)c2)CC(=O)N1. The largest absolute Gasteiger partial charge is 0.325 e. The van der Waals surface area contributed by atoms with Gasteiger partial charge in [-0.3, -0.25) is 9.59 Å². The van der Waals surface area contributed by atoms with Crippen LogP contribution < -0.4 is 10.6 Å². The van der Waals surface area contributed by atoms with Gasteiger partial charge >= 0.3 is 0 Å². The normalized spacial score (nSPS) is 16.2. The summed E-state index contributed by atoms with van der Waals surface area (Å²) < 4.78 is 0.878. The van der Waals surface area contributed by atoms with Crippen molar-refractivity contribution in [1.82, 2.24) is 5.32 Å². The number of amides is 2. The number of hydrogen-bond donors (Lipinski definition) is 2. The van der Waals surface area contributed by atoms with Gasteiger partial charge < -0.3 is 10.6 Å². The van der Waals surface area contributed by atoms with Crippen LogP contribution in [0.25, 0.3) is 0 Å². The molecule has 0 radical (unpaired) electrons. The van der Waals surface area contributed by atoms with Crippen molar-refractivity contribution in [3.8, 4) is 6.07 Å². The molecule has 0 spiro atoms. The summed E-state index contributed by atoms with van der Waals surface area (Å²) in [6, 6.07) is 15.1. The van der Waals surface area contributed by atoms with Gasteiger partial charge in [0.2, 0.25) is 11.8 Å². The molecule has 2 aromatic rings. The predicted octanol–water partition coefficient (Wildman–Crippen LogP) is 5.12. The fraction of sp³-hybridized carbons (Fsp3) is 0.190. The fourth-order valence-corrected chi connectivity index (χ4v) is 4.48. The molecule has 8 heteroatoms. The van der Waals surface area contributed by atoms with Gasteiger partial charge in [0.1, 0.15) is 0 Å². The first kappa shape index (κ1) is 21.4. The molecule has 0 unspecified atom stereocenters. The molecule has 3 rings (SSSR count). The maximum atomic E-state index is 12.4. The van der Waals surface area contributed by atoms with Crippen LogP contribution in [0.3, 0.4) is 0 Å². The van der Waals surface area contributed by atoms with Gasteiger partial charge in [0.15, 0.2) is 0 Å². The molecular weight excluding hydrogens is 474 g/mol. The van der Waals surface area contributed by atoms with Crippen molar-refractivity contribution in [3.05, 3.63) is 73.7 Å². The standard InChI is InChI=1S/C21H17BrClN3O2S/c1-12-17(23)6-3-7-18(12)25-20(28)11-29-21-16(10-24)15(9-19(27)26-21)13-4-2-5-14(22)8-13/h2-8,15H,9,11H2,1H3,(H,25,28)(H,26,27)/t15-/m1/s1. The number of carbonyl (C=O) groups excluding carboxylic acids is 2. The molecule has 5 nitrogen and oxygen atoms in total. The molecular formula is C21H17BrClN3O2S. The van der Waals surface area contributed by atoms with E-state index >= 15 is 0 Å². The highest BCUT2D eigenvalue weighted by Crippen LogP contribution is 2.36. The lowest BCUT2D eigenvalue weighted by Crippen LogP contribution is -2.31. The Hall–Kier alpha value is -2.27. The van der Waals surface area contributed by atoms with E-state index in [1.807, 2.05) is 31.2 Å². The van der Waals surface area contributed by atoms with Crippen LogP contribution in [-0.4, -0.2) is 17.6 Å². The monoisotopic (exact) mass is 489 g/mol. The molecule has 1 atom stereocenters. The summed E-state index contributed by atoms with van der Waals surface area (Å²) in [5, 5.41) is 16.3. The van der Waals surface area contributed by atoms with Gasteiger partial charge in [0, 0.05) is 27.5 Å². The van der Waals surface area contributed by atoms with Crippen LogP contribution in [0.15, 0.2) is 57.5 Å². The van der Waals surface area contributed by atoms with Crippen molar-refractivity contribution >= 4 is 56.8 Å². The zero-order valence-corrected chi connectivity index (χ0v) is 18.6. The lowest BCUT2D eigenvalue weighted by molar-refractivity contribution is -0.121. The molecule has 29 heavy (non-hydrogen) atoms. The van der Waals surface area contributed by atoms with Crippen molar-refractivity contribution in [2.75, 3.05) is 11.1 Å². The van der Waals surface area contributed by atoms with E-state index in [0.29, 0.717) is 21.3 Å². The highest BCUT2D eigenvalue weighted by Gasteiger charge is 2.30. The van der Waals surface area contributed by atoms with E-state index in [1.54, 1.807) is 18.2 Å². The second kappa shape index (κ2) is 9.49. The van der Waals surface area contributed by atoms with E-state index in [0.717, 1.165) is 27.4 Å². The van der Waals surface area contributed by atoms with Crippen molar-refractivity contribution in [2.45, 2.75) is 19.3 Å². The number of hydrogen-bond acceptors (Lipinski definition) is 4. The number of nitrogens with zero attached hydrogens (tertiary/aromatic N) is 1. The van der Waals surface area contributed by atoms with Crippen LogP contribution >= 0.6 is 39.3 Å². The van der Waals surface area contributed by atoms with Crippen LogP contribution in [0.5, 0.6) is 0 Å². The fourth-order valence-electron chi connectivity index (χ4n) is 3.01. The summed E-state index contributed by atoms with van der Waals surface area (Å²) in [5.41, 5.74) is 2.75. The highest BCUT2D eigenvalue weighted by atomic mass is 79.9. The number of nitriles is 1. The number of benzene rings is 2. The second-order valence-corrected chi connectivity index (χ2v) is 8.77. The molecule has 0 fully saturated rings. The predicted molar refractivity (Wildman–Crippen MR) is 120 cm³/mol. The number of rotatable bonds is 5. The van der Waals surface area contributed by atoms with E-state index in [-0.39, 0.29) is 29.9 Å². The molecule has 1 aliphatic rings. The highest BCUT2D eigenvalue weighted by molar-refractivity contribution is 9.10. The van der Waals surface area contributed by atoms with Crippen LogP contribution in [0.4, 0.5) is 5.69 Å². The lowest BCUT2D eigenvalue weighted by atomic mass is 9.87. The number of carbonyl (C=O) groups is 2. The van der Waals surface area contributed by atoms with Gasteiger partial charge in [-0.1, -0.05) is 57.5 Å². The molecule has 1 aliphatic heterocycles. The Morgan fingerprint density at radius 1 is 1.38 bits per heavy atom. The van der Waals surface area contributed by atoms with Gasteiger partial charge in [0.25, 0.3) is 0 Å². The maximum Gasteiger partial charge on any atom is 0.234 e. The summed E-state index contributed by atoms with van der Waals surface area (Å²) in [7, 11) is 0. The Morgan fingerprint density at radius 3 is 2.86 bits per heavy atom. The topological polar surface area (TPSA) is 82.0 Å². The van der Waals surface area contributed by atoms with Crippen molar-refractivity contribution in [1.29, 1.82) is 5.26 Å². The minimum absolute atomic E-state index is 0.0535. The van der Waals surface area contributed by atoms with Gasteiger partial charge in [-0.15, -0.1) is 0 Å². The summed E-state index contributed by atoms with van der Waals surface area (Å²) in [4.78, 5) is 24.6. The summed E-state index contributed by atoms with van der Waals surface area (Å²) in [6.45, 7) is 1.82. The van der Waals surface area contributed by atoms with Gasteiger partial charge in [-0.05, 0) is 42.3 Å². The first-order valence-electron chi connectivity index (χ1n) is 8.76. The third kappa shape index (κ3) is 5.21. The van der Waals surface area contributed by atoms with Gasteiger partial charge in [0.05, 0.1) is 22.4 Å². The Morgan fingerprint density at radius 2 is 2.14 bits per heavy atom. The maximum absolute atomic E-state index is 12.4. The Bertz CT molecular complexity index is 1050. The van der Waals surface area contributed by atoms with E-state index in [4.69, 9.17) is 11.6 Å². The third-order valence-electron chi connectivity index (χ3n) is 4.50. The zero-order chi connectivity index (χ0) is 21.0. The molecule has 1 heterocycles. The lowest BCUT2D eigenvalue weighted by Gasteiger charge is -2.25. The number of nitrogens with one attached hydrogen (secondary N) is 2. The Balaban J connectivity index is 1.77. The van der Waals surface area contributed by atoms with Gasteiger partial charge in [-0.2, -0.15) is 5.26 Å². The molecule has 2 aromatic carbocycles. The zero-order valence-electron chi connectivity index (χ0n) is 15.5. The molecule has 0 aromatic heterocycles. The molecule has 0 bridgehead atoms. The van der Waals surface area contributed by atoms with E-state index in [2.05, 4.69) is 32.6 Å². The minimum atomic E-state index is -0.341. The molecule has 2 amide bonds. The second-order valence-electron chi connectivity index (χ2n) is 6.46. The van der Waals surface area contributed by atoms with Crippen molar-refractivity contribution in [2.24, 2.45) is 0 Å². The summed E-state index contributed by atoms with van der Waals surface area (Å²) in [5.74, 6) is -0.712. The van der Waals surface area contributed by atoms with Crippen LogP contribution in [0.2, 0.25) is 5.02 Å².